The summed E-state index contributed by atoms with van der Waals surface area (Å²) in [7, 11) is 0. The number of pyridine rings is 1. The number of carbonyl (C=O) groups is 1. The number of nitrogens with zero attached hydrogens (tertiary/aromatic N) is 6. The number of nitro groups is 2. The first kappa shape index (κ1) is 21.0. The number of hydrogen-bond acceptors (Lipinski definition) is 9. The molecule has 13 heteroatoms. The Balaban J connectivity index is 1.55. The van der Waals surface area contributed by atoms with E-state index in [0.29, 0.717) is 17.1 Å². The molecule has 2 aromatic heterocycles. The average Bonchev–Trinajstić information content (AvgIpc) is 3.10. The highest BCUT2D eigenvalue weighted by molar-refractivity contribution is 5.82. The van der Waals surface area contributed by atoms with Crippen molar-refractivity contribution < 1.29 is 19.4 Å². The minimum atomic E-state index is -0.619. The van der Waals surface area contributed by atoms with Crippen LogP contribution in [-0.4, -0.2) is 36.5 Å². The van der Waals surface area contributed by atoms with Crippen LogP contribution in [0.2, 0.25) is 0 Å². The van der Waals surface area contributed by atoms with E-state index < -0.39 is 15.8 Å². The van der Waals surface area contributed by atoms with Crippen molar-refractivity contribution in [3.8, 4) is 11.6 Å². The van der Waals surface area contributed by atoms with E-state index in [9.17, 15) is 25.0 Å². The summed E-state index contributed by atoms with van der Waals surface area (Å²) in [6, 6.07) is 9.26. The maximum Gasteiger partial charge on any atom is 0.343 e. The topological polar surface area (TPSA) is 168 Å². The van der Waals surface area contributed by atoms with Gasteiger partial charge in [-0.25, -0.2) is 20.0 Å². The third-order valence-corrected chi connectivity index (χ3v) is 3.96. The SMILES string of the molecule is Cc1ncc([N+](=O)[O-])n1CC(=O)N/N=C/c1ccc(Oc2ccc([N+](=O)[O-])cn2)cc1. The Morgan fingerprint density at radius 1 is 1.13 bits per heavy atom. The number of aromatic nitrogens is 3. The van der Waals surface area contributed by atoms with Gasteiger partial charge in [-0.15, -0.1) is 0 Å². The molecule has 0 spiro atoms. The quantitative estimate of drug-likeness (QED) is 0.326. The van der Waals surface area contributed by atoms with Gasteiger partial charge in [-0.1, -0.05) is 0 Å². The van der Waals surface area contributed by atoms with E-state index in [2.05, 4.69) is 20.5 Å². The third kappa shape index (κ3) is 5.44. The summed E-state index contributed by atoms with van der Waals surface area (Å²) >= 11 is 0. The largest absolute Gasteiger partial charge is 0.439 e. The molecule has 0 saturated heterocycles. The molecular weight excluding hydrogens is 410 g/mol. The molecule has 0 unspecified atom stereocenters. The Kier molecular flexibility index (Phi) is 6.25. The van der Waals surface area contributed by atoms with Gasteiger partial charge in [-0.2, -0.15) is 5.10 Å². The number of hydrazone groups is 1. The standard InChI is InChI=1S/C18H15N7O6/c1-12-19-10-18(25(29)30)23(12)11-16(26)22-21-8-13-2-5-15(6-3-13)31-17-7-4-14(9-20-17)24(27)28/h2-10H,11H2,1H3,(H,22,26)/b21-8+. The number of imidazole rings is 1. The Labute approximate surface area is 174 Å². The van der Waals surface area contributed by atoms with Crippen LogP contribution >= 0.6 is 0 Å². The van der Waals surface area contributed by atoms with Gasteiger partial charge in [0.15, 0.2) is 12.4 Å². The predicted molar refractivity (Wildman–Crippen MR) is 107 cm³/mol. The Morgan fingerprint density at radius 3 is 2.48 bits per heavy atom. The molecule has 2 heterocycles. The zero-order valence-corrected chi connectivity index (χ0v) is 16.0. The van der Waals surface area contributed by atoms with E-state index in [4.69, 9.17) is 4.74 Å². The van der Waals surface area contributed by atoms with Crippen LogP contribution in [0.1, 0.15) is 11.4 Å². The Bertz CT molecular complexity index is 1140. The van der Waals surface area contributed by atoms with E-state index in [1.165, 1.54) is 22.9 Å². The van der Waals surface area contributed by atoms with Crippen molar-refractivity contribution in [2.45, 2.75) is 13.5 Å². The fraction of sp³-hybridized carbons (Fsp3) is 0.111. The normalized spacial score (nSPS) is 10.7. The maximum atomic E-state index is 12.0. The van der Waals surface area contributed by atoms with E-state index in [-0.39, 0.29) is 23.9 Å². The van der Waals surface area contributed by atoms with Crippen LogP contribution in [0.4, 0.5) is 11.5 Å². The van der Waals surface area contributed by atoms with Crippen LogP contribution in [0.15, 0.2) is 53.9 Å². The molecule has 0 aliphatic heterocycles. The number of rotatable bonds is 8. The zero-order valence-electron chi connectivity index (χ0n) is 16.0. The molecule has 1 N–H and O–H groups in total. The lowest BCUT2D eigenvalue weighted by atomic mass is 10.2. The number of hydrogen-bond donors (Lipinski definition) is 1. The number of aryl methyl sites for hydroxylation is 1. The van der Waals surface area contributed by atoms with Crippen LogP contribution in [0.25, 0.3) is 0 Å². The van der Waals surface area contributed by atoms with Crippen molar-refractivity contribution in [1.82, 2.24) is 20.0 Å². The molecule has 158 valence electrons. The number of carbonyl (C=O) groups excluding carboxylic acids is 1. The third-order valence-electron chi connectivity index (χ3n) is 3.96. The van der Waals surface area contributed by atoms with Gasteiger partial charge in [0.2, 0.25) is 5.88 Å². The van der Waals surface area contributed by atoms with Gasteiger partial charge in [-0.05, 0) is 34.8 Å². The van der Waals surface area contributed by atoms with Crippen LogP contribution in [-0.2, 0) is 11.3 Å². The van der Waals surface area contributed by atoms with Gasteiger partial charge in [0.1, 0.15) is 18.1 Å². The molecular formula is C18H15N7O6. The van der Waals surface area contributed by atoms with Crippen molar-refractivity contribution in [1.29, 1.82) is 0 Å². The molecule has 0 aliphatic rings. The number of ether oxygens (including phenoxy) is 1. The summed E-state index contributed by atoms with van der Waals surface area (Å²) < 4.78 is 6.67. The Morgan fingerprint density at radius 2 is 1.87 bits per heavy atom. The Hall–Kier alpha value is -4.68. The summed E-state index contributed by atoms with van der Waals surface area (Å²) in [5.74, 6) is 0.150. The van der Waals surface area contributed by atoms with Gasteiger partial charge < -0.3 is 14.9 Å². The second-order valence-electron chi connectivity index (χ2n) is 6.08. The molecule has 3 aromatic rings. The van der Waals surface area contributed by atoms with Crippen LogP contribution in [0, 0.1) is 27.2 Å². The lowest BCUT2D eigenvalue weighted by Gasteiger charge is -2.04. The average molecular weight is 425 g/mol. The first-order valence-electron chi connectivity index (χ1n) is 8.70. The van der Waals surface area contributed by atoms with Gasteiger partial charge in [0.25, 0.3) is 11.6 Å². The highest BCUT2D eigenvalue weighted by Crippen LogP contribution is 2.21. The highest BCUT2D eigenvalue weighted by atomic mass is 16.6. The van der Waals surface area contributed by atoms with Gasteiger partial charge in [0.05, 0.1) is 11.1 Å². The molecule has 1 aromatic carbocycles. The summed E-state index contributed by atoms with van der Waals surface area (Å²) in [4.78, 5) is 40.1. The zero-order chi connectivity index (χ0) is 22.4. The van der Waals surface area contributed by atoms with Crippen LogP contribution < -0.4 is 10.2 Å². The van der Waals surface area contributed by atoms with E-state index in [1.807, 2.05) is 0 Å². The van der Waals surface area contributed by atoms with E-state index in [1.54, 1.807) is 31.2 Å². The van der Waals surface area contributed by atoms with Crippen molar-refractivity contribution in [2.24, 2.45) is 5.10 Å². The van der Waals surface area contributed by atoms with Crippen molar-refractivity contribution in [2.75, 3.05) is 0 Å². The number of amides is 1. The predicted octanol–water partition coefficient (Wildman–Crippen LogP) is 2.35. The van der Waals surface area contributed by atoms with Crippen LogP contribution in [0.5, 0.6) is 11.6 Å². The monoisotopic (exact) mass is 425 g/mol. The summed E-state index contributed by atoms with van der Waals surface area (Å²) in [6.07, 6.45) is 3.57. The minimum Gasteiger partial charge on any atom is -0.439 e. The van der Waals surface area contributed by atoms with Gasteiger partial charge in [0, 0.05) is 19.1 Å². The fourth-order valence-electron chi connectivity index (χ4n) is 2.44. The van der Waals surface area contributed by atoms with Gasteiger partial charge in [-0.3, -0.25) is 14.9 Å². The summed E-state index contributed by atoms with van der Waals surface area (Å²) in [6.45, 7) is 1.26. The van der Waals surface area contributed by atoms with Gasteiger partial charge >= 0.3 is 5.82 Å². The maximum absolute atomic E-state index is 12.0. The lowest BCUT2D eigenvalue weighted by molar-refractivity contribution is -0.392. The lowest BCUT2D eigenvalue weighted by Crippen LogP contribution is -2.24. The first-order chi connectivity index (χ1) is 14.8. The van der Waals surface area contributed by atoms with Crippen molar-refractivity contribution in [3.63, 3.8) is 0 Å². The number of benzene rings is 1. The molecule has 13 nitrogen and oxygen atoms in total. The van der Waals surface area contributed by atoms with Crippen LogP contribution in [0.3, 0.4) is 0 Å². The fourth-order valence-corrected chi connectivity index (χ4v) is 2.44. The molecule has 0 saturated carbocycles. The molecule has 0 aliphatic carbocycles. The number of nitrogens with one attached hydrogen (secondary N) is 1. The van der Waals surface area contributed by atoms with Crippen molar-refractivity contribution in [3.05, 3.63) is 80.4 Å². The second kappa shape index (κ2) is 9.21. The minimum absolute atomic E-state index is 0.140. The highest BCUT2D eigenvalue weighted by Gasteiger charge is 2.19. The smallest absolute Gasteiger partial charge is 0.343 e. The summed E-state index contributed by atoms with van der Waals surface area (Å²) in [5, 5.41) is 25.4. The molecule has 3 rings (SSSR count). The molecule has 0 radical (unpaired) electrons. The molecule has 0 fully saturated rings. The molecule has 0 atom stereocenters. The summed E-state index contributed by atoms with van der Waals surface area (Å²) in [5.41, 5.74) is 2.80. The molecule has 31 heavy (non-hydrogen) atoms. The van der Waals surface area contributed by atoms with E-state index >= 15 is 0 Å². The first-order valence-corrected chi connectivity index (χ1v) is 8.70. The van der Waals surface area contributed by atoms with E-state index in [0.717, 1.165) is 12.4 Å². The van der Waals surface area contributed by atoms with Crippen molar-refractivity contribution >= 4 is 23.6 Å². The second-order valence-corrected chi connectivity index (χ2v) is 6.08. The molecule has 0 bridgehead atoms. The molecule has 1 amide bonds.